The van der Waals surface area contributed by atoms with Gasteiger partial charge >= 0.3 is 0 Å². The summed E-state index contributed by atoms with van der Waals surface area (Å²) < 4.78 is 20.0. The number of halogens is 2. The maximum Gasteiger partial charge on any atom is 0.142 e. The van der Waals surface area contributed by atoms with Crippen molar-refractivity contribution in [3.8, 4) is 34.4 Å². The standard InChI is InChI=1S/C43H42Cl2N6O6/c1-27-30(26-57-43-15-41(55-2)31(13-39(43)45)19-47-9-10-52)5-3-6-35(27)36-7-4-8-40-37(36)21-50-51(40)22-33-14-42(56-25-29-11-28(16-46)17-48-18-29)32(12-38(33)44)20-49-34(23-53)24-54/h3-8,11-15,17-18,21,23,34,47,49,52,54H,9-10,19-20,22,24-26H2,1-2H3. The van der Waals surface area contributed by atoms with E-state index in [0.717, 1.165) is 44.3 Å². The molecule has 0 fully saturated rings. The van der Waals surface area contributed by atoms with E-state index in [2.05, 4.69) is 40.7 Å². The van der Waals surface area contributed by atoms with Crippen molar-refractivity contribution in [2.75, 3.05) is 26.9 Å². The molecule has 0 radical (unpaired) electrons. The summed E-state index contributed by atoms with van der Waals surface area (Å²) in [7, 11) is 1.60. The number of carbonyl (C=O) groups is 1. The van der Waals surface area contributed by atoms with Gasteiger partial charge in [-0.3, -0.25) is 9.67 Å². The first kappa shape index (κ1) is 41.1. The molecule has 6 rings (SSSR count). The minimum Gasteiger partial charge on any atom is -0.496 e. The number of hydrogen-bond donors (Lipinski definition) is 4. The van der Waals surface area contributed by atoms with Gasteiger partial charge in [0.05, 0.1) is 55.2 Å². The topological polar surface area (TPSA) is 164 Å². The molecule has 0 aliphatic heterocycles. The minimum atomic E-state index is -0.749. The van der Waals surface area contributed by atoms with Crippen LogP contribution in [-0.4, -0.2) is 64.2 Å². The molecule has 12 nitrogen and oxygen atoms in total. The average molecular weight is 810 g/mol. The highest BCUT2D eigenvalue weighted by atomic mass is 35.5. The Labute approximate surface area is 340 Å². The summed E-state index contributed by atoms with van der Waals surface area (Å²) in [6.07, 6.45) is 5.61. The van der Waals surface area contributed by atoms with Gasteiger partial charge in [-0.1, -0.05) is 53.5 Å². The molecule has 0 saturated heterocycles. The van der Waals surface area contributed by atoms with Gasteiger partial charge in [0.2, 0.25) is 0 Å². The molecule has 4 aromatic carbocycles. The molecular formula is C43H42Cl2N6O6. The molecule has 57 heavy (non-hydrogen) atoms. The molecule has 2 aromatic heterocycles. The lowest BCUT2D eigenvalue weighted by molar-refractivity contribution is -0.110. The van der Waals surface area contributed by atoms with Crippen LogP contribution in [0.25, 0.3) is 22.0 Å². The number of benzene rings is 4. The number of aldehydes is 1. The average Bonchev–Trinajstić information content (AvgIpc) is 3.64. The Bertz CT molecular complexity index is 2400. The van der Waals surface area contributed by atoms with E-state index in [1.54, 1.807) is 31.5 Å². The zero-order valence-corrected chi connectivity index (χ0v) is 33.0. The van der Waals surface area contributed by atoms with Crippen molar-refractivity contribution >= 4 is 40.4 Å². The highest BCUT2D eigenvalue weighted by Crippen LogP contribution is 2.36. The summed E-state index contributed by atoms with van der Waals surface area (Å²) in [6.45, 7) is 3.67. The number of aliphatic hydroxyl groups excluding tert-OH is 2. The van der Waals surface area contributed by atoms with Crippen molar-refractivity contribution in [2.24, 2.45) is 0 Å². The number of methoxy groups -OCH3 is 1. The Morgan fingerprint density at radius 1 is 0.877 bits per heavy atom. The third-order valence-electron chi connectivity index (χ3n) is 9.53. The lowest BCUT2D eigenvalue weighted by Gasteiger charge is -2.17. The molecule has 6 aromatic rings. The molecule has 294 valence electrons. The van der Waals surface area contributed by atoms with Crippen LogP contribution in [0.3, 0.4) is 0 Å². The molecule has 0 spiro atoms. The highest BCUT2D eigenvalue weighted by molar-refractivity contribution is 6.32. The van der Waals surface area contributed by atoms with Gasteiger partial charge in [-0.2, -0.15) is 10.4 Å². The maximum atomic E-state index is 11.4. The van der Waals surface area contributed by atoms with Gasteiger partial charge in [0.25, 0.3) is 0 Å². The Kier molecular flexibility index (Phi) is 14.1. The zero-order chi connectivity index (χ0) is 40.3. The molecule has 4 N–H and O–H groups in total. The van der Waals surface area contributed by atoms with Crippen molar-refractivity contribution in [1.82, 2.24) is 25.4 Å². The maximum absolute atomic E-state index is 11.4. The van der Waals surface area contributed by atoms with Crippen molar-refractivity contribution in [3.63, 3.8) is 0 Å². The van der Waals surface area contributed by atoms with E-state index >= 15 is 0 Å². The second kappa shape index (κ2) is 19.6. The van der Waals surface area contributed by atoms with Crippen LogP contribution in [0.2, 0.25) is 10.0 Å². The van der Waals surface area contributed by atoms with Gasteiger partial charge in [0.15, 0.2) is 0 Å². The van der Waals surface area contributed by atoms with E-state index in [9.17, 15) is 15.2 Å². The van der Waals surface area contributed by atoms with E-state index in [1.165, 1.54) is 6.20 Å². The fourth-order valence-corrected chi connectivity index (χ4v) is 6.93. The number of ether oxygens (including phenoxy) is 3. The van der Waals surface area contributed by atoms with E-state index in [0.29, 0.717) is 69.9 Å². The molecule has 1 unspecified atom stereocenters. The third kappa shape index (κ3) is 9.90. The number of fused-ring (bicyclic) bond motifs is 1. The molecule has 14 heteroatoms. The number of nitrogens with one attached hydrogen (secondary N) is 2. The Balaban J connectivity index is 1.25. The smallest absolute Gasteiger partial charge is 0.142 e. The van der Waals surface area contributed by atoms with Crippen molar-refractivity contribution < 1.29 is 29.2 Å². The first-order chi connectivity index (χ1) is 27.8. The monoisotopic (exact) mass is 808 g/mol. The summed E-state index contributed by atoms with van der Waals surface area (Å²) in [6, 6.07) is 22.5. The fraction of sp³-hybridized carbons (Fsp3) is 0.256. The SMILES string of the molecule is COc1cc(OCc2cccc(-c3cccc4c3cnn4Cc3cc(OCc4cncc(C#N)c4)c(CNC(C=O)CO)cc3Cl)c2C)c(Cl)cc1CNCCO. The van der Waals surface area contributed by atoms with E-state index in [4.69, 9.17) is 47.6 Å². The van der Waals surface area contributed by atoms with Crippen molar-refractivity contribution in [1.29, 1.82) is 5.26 Å². The lowest BCUT2D eigenvalue weighted by Crippen LogP contribution is -2.33. The molecule has 0 amide bonds. The first-order valence-corrected chi connectivity index (χ1v) is 18.9. The number of nitrogens with zero attached hydrogens (tertiary/aromatic N) is 4. The highest BCUT2D eigenvalue weighted by Gasteiger charge is 2.18. The predicted molar refractivity (Wildman–Crippen MR) is 219 cm³/mol. The van der Waals surface area contributed by atoms with Crippen LogP contribution in [0, 0.1) is 18.3 Å². The Morgan fingerprint density at radius 2 is 1.65 bits per heavy atom. The van der Waals surface area contributed by atoms with Crippen molar-refractivity contribution in [3.05, 3.63) is 134 Å². The van der Waals surface area contributed by atoms with Gasteiger partial charge in [-0.15, -0.1) is 0 Å². The van der Waals surface area contributed by atoms with E-state index in [1.807, 2.05) is 47.3 Å². The molecule has 0 saturated carbocycles. The zero-order valence-electron chi connectivity index (χ0n) is 31.5. The van der Waals surface area contributed by atoms with Gasteiger partial charge in [-0.25, -0.2) is 0 Å². The molecule has 0 bridgehead atoms. The minimum absolute atomic E-state index is 0.0338. The van der Waals surface area contributed by atoms with Crippen LogP contribution < -0.4 is 24.8 Å². The predicted octanol–water partition coefficient (Wildman–Crippen LogP) is 6.53. The van der Waals surface area contributed by atoms with Gasteiger partial charge < -0.3 is 39.9 Å². The molecule has 0 aliphatic rings. The molecular weight excluding hydrogens is 767 g/mol. The van der Waals surface area contributed by atoms with Crippen LogP contribution in [-0.2, 0) is 37.6 Å². The summed E-state index contributed by atoms with van der Waals surface area (Å²) in [5.74, 6) is 1.66. The number of nitriles is 1. The van der Waals surface area contributed by atoms with Crippen LogP contribution in [0.5, 0.6) is 17.2 Å². The number of pyridine rings is 1. The largest absolute Gasteiger partial charge is 0.496 e. The summed E-state index contributed by atoms with van der Waals surface area (Å²) in [5, 5.41) is 40.8. The quantitative estimate of drug-likeness (QED) is 0.0520. The number of rotatable bonds is 19. The van der Waals surface area contributed by atoms with Crippen LogP contribution in [0.1, 0.15) is 38.9 Å². The Hall–Kier alpha value is -5.52. The third-order valence-corrected chi connectivity index (χ3v) is 10.2. The van der Waals surface area contributed by atoms with Crippen molar-refractivity contribution in [2.45, 2.75) is 45.8 Å². The summed E-state index contributed by atoms with van der Waals surface area (Å²) >= 11 is 13.5. The second-order valence-electron chi connectivity index (χ2n) is 13.3. The summed E-state index contributed by atoms with van der Waals surface area (Å²) in [4.78, 5) is 15.5. The summed E-state index contributed by atoms with van der Waals surface area (Å²) in [5.41, 5.74) is 8.42. The van der Waals surface area contributed by atoms with Crippen LogP contribution >= 0.6 is 23.2 Å². The van der Waals surface area contributed by atoms with Gasteiger partial charge in [0, 0.05) is 65.2 Å². The normalized spacial score (nSPS) is 11.7. The molecule has 1 atom stereocenters. The van der Waals surface area contributed by atoms with E-state index < -0.39 is 6.04 Å². The number of aromatic nitrogens is 3. The lowest BCUT2D eigenvalue weighted by atomic mass is 9.94. The first-order valence-electron chi connectivity index (χ1n) is 18.2. The van der Waals surface area contributed by atoms with Gasteiger partial charge in [0.1, 0.15) is 42.8 Å². The second-order valence-corrected chi connectivity index (χ2v) is 14.1. The molecule has 2 heterocycles. The Morgan fingerprint density at radius 3 is 2.42 bits per heavy atom. The van der Waals surface area contributed by atoms with Crippen LogP contribution in [0.15, 0.2) is 85.3 Å². The van der Waals surface area contributed by atoms with Gasteiger partial charge in [-0.05, 0) is 65.1 Å². The molecule has 0 aliphatic carbocycles. The number of aliphatic hydroxyl groups is 2. The number of hydrogen-bond acceptors (Lipinski definition) is 11. The van der Waals surface area contributed by atoms with E-state index in [-0.39, 0.29) is 33.0 Å². The van der Waals surface area contributed by atoms with Crippen LogP contribution in [0.4, 0.5) is 0 Å². The number of carbonyl (C=O) groups excluding carboxylic acids is 1. The fourth-order valence-electron chi connectivity index (χ4n) is 6.45.